The molecule has 0 atom stereocenters. The van der Waals surface area contributed by atoms with Gasteiger partial charge in [-0.1, -0.05) is 84.1 Å². The van der Waals surface area contributed by atoms with Gasteiger partial charge in [-0.05, 0) is 16.7 Å². The predicted molar refractivity (Wildman–Crippen MR) is 99.5 cm³/mol. The molecule has 4 nitrogen and oxygen atoms in total. The highest BCUT2D eigenvalue weighted by atomic mass is 16.3. The average molecular weight is 339 g/mol. The molecule has 1 aliphatic rings. The molecule has 126 valence electrons. The summed E-state index contributed by atoms with van der Waals surface area (Å²) in [7, 11) is 0. The first-order valence-corrected chi connectivity index (χ1v) is 8.63. The summed E-state index contributed by atoms with van der Waals surface area (Å²) in [5.74, 6) is 0. The Morgan fingerprint density at radius 2 is 1.35 bits per heavy atom. The number of nitrogens with zero attached hydrogens (tertiary/aromatic N) is 3. The molecule has 0 spiro atoms. The van der Waals surface area contributed by atoms with Crippen molar-refractivity contribution in [1.82, 2.24) is 15.0 Å². The Bertz CT molecular complexity index is 1040. The Hall–Kier alpha value is -3.24. The molecule has 0 fully saturated rings. The van der Waals surface area contributed by atoms with Crippen LogP contribution in [0.25, 0.3) is 11.1 Å². The highest BCUT2D eigenvalue weighted by molar-refractivity contribution is 5.81. The molecule has 0 aliphatic heterocycles. The number of rotatable bonds is 3. The fourth-order valence-corrected chi connectivity index (χ4v) is 3.80. The van der Waals surface area contributed by atoms with Gasteiger partial charge in [-0.3, -0.25) is 0 Å². The highest BCUT2D eigenvalue weighted by Crippen LogP contribution is 2.49. The van der Waals surface area contributed by atoms with Crippen molar-refractivity contribution in [1.29, 1.82) is 0 Å². The van der Waals surface area contributed by atoms with E-state index in [2.05, 4.69) is 22.4 Å². The zero-order chi connectivity index (χ0) is 17.6. The maximum absolute atomic E-state index is 11.7. The molecule has 3 aromatic carbocycles. The van der Waals surface area contributed by atoms with Gasteiger partial charge in [0.15, 0.2) is 5.60 Å². The SMILES string of the molecule is OC1(c2cn(Cc3ccccc3)nn2)c2ccccc2-c2ccccc21. The van der Waals surface area contributed by atoms with Crippen LogP contribution < -0.4 is 0 Å². The monoisotopic (exact) mass is 339 g/mol. The molecule has 0 radical (unpaired) electrons. The van der Waals surface area contributed by atoms with E-state index >= 15 is 0 Å². The van der Waals surface area contributed by atoms with Crippen molar-refractivity contribution in [3.05, 3.63) is 107 Å². The van der Waals surface area contributed by atoms with Crippen LogP contribution in [0.4, 0.5) is 0 Å². The highest BCUT2D eigenvalue weighted by Gasteiger charge is 2.44. The van der Waals surface area contributed by atoms with E-state index in [1.807, 2.05) is 72.9 Å². The fourth-order valence-electron chi connectivity index (χ4n) is 3.80. The van der Waals surface area contributed by atoms with Gasteiger partial charge in [-0.15, -0.1) is 5.10 Å². The zero-order valence-electron chi connectivity index (χ0n) is 14.1. The average Bonchev–Trinajstić information content (AvgIpc) is 3.26. The number of hydrogen-bond donors (Lipinski definition) is 1. The number of fused-ring (bicyclic) bond motifs is 3. The summed E-state index contributed by atoms with van der Waals surface area (Å²) < 4.78 is 1.77. The Kier molecular flexibility index (Phi) is 3.27. The van der Waals surface area contributed by atoms with Gasteiger partial charge in [0.1, 0.15) is 5.69 Å². The zero-order valence-corrected chi connectivity index (χ0v) is 14.1. The van der Waals surface area contributed by atoms with E-state index in [1.54, 1.807) is 4.68 Å². The first kappa shape index (κ1) is 15.0. The molecule has 0 unspecified atom stereocenters. The number of hydrogen-bond acceptors (Lipinski definition) is 3. The lowest BCUT2D eigenvalue weighted by molar-refractivity contribution is 0.125. The third-order valence-corrected chi connectivity index (χ3v) is 5.02. The summed E-state index contributed by atoms with van der Waals surface area (Å²) in [5.41, 5.74) is 4.21. The van der Waals surface area contributed by atoms with Gasteiger partial charge in [0.25, 0.3) is 0 Å². The Morgan fingerprint density at radius 3 is 2.00 bits per heavy atom. The molecule has 1 aliphatic carbocycles. The Labute approximate surface area is 151 Å². The predicted octanol–water partition coefficient (Wildman–Crippen LogP) is 3.59. The molecule has 5 rings (SSSR count). The van der Waals surface area contributed by atoms with Crippen molar-refractivity contribution >= 4 is 0 Å². The minimum atomic E-state index is -1.28. The van der Waals surface area contributed by atoms with E-state index in [4.69, 9.17) is 0 Å². The first-order chi connectivity index (χ1) is 12.8. The summed E-state index contributed by atoms with van der Waals surface area (Å²) in [6, 6.07) is 26.0. The third-order valence-electron chi connectivity index (χ3n) is 5.02. The van der Waals surface area contributed by atoms with Crippen LogP contribution in [0.3, 0.4) is 0 Å². The topological polar surface area (TPSA) is 50.9 Å². The van der Waals surface area contributed by atoms with Gasteiger partial charge in [-0.25, -0.2) is 4.68 Å². The Morgan fingerprint density at radius 1 is 0.769 bits per heavy atom. The van der Waals surface area contributed by atoms with Gasteiger partial charge in [0.05, 0.1) is 12.7 Å². The molecule has 4 aromatic rings. The number of benzene rings is 3. The lowest BCUT2D eigenvalue weighted by Crippen LogP contribution is -2.26. The maximum atomic E-state index is 11.7. The first-order valence-electron chi connectivity index (χ1n) is 8.63. The summed E-state index contributed by atoms with van der Waals surface area (Å²) in [6.07, 6.45) is 1.84. The van der Waals surface area contributed by atoms with E-state index in [0.717, 1.165) is 27.8 Å². The Balaban J connectivity index is 1.62. The van der Waals surface area contributed by atoms with E-state index in [-0.39, 0.29) is 0 Å². The minimum Gasteiger partial charge on any atom is -0.374 e. The lowest BCUT2D eigenvalue weighted by atomic mass is 9.88. The second-order valence-corrected chi connectivity index (χ2v) is 6.59. The van der Waals surface area contributed by atoms with Crippen LogP contribution in [0.15, 0.2) is 85.1 Å². The minimum absolute atomic E-state index is 0.547. The van der Waals surface area contributed by atoms with E-state index < -0.39 is 5.60 Å². The van der Waals surface area contributed by atoms with E-state index in [9.17, 15) is 5.11 Å². The smallest absolute Gasteiger partial charge is 0.161 e. The molecule has 1 N–H and O–H groups in total. The second kappa shape index (κ2) is 5.64. The number of aromatic nitrogens is 3. The van der Waals surface area contributed by atoms with E-state index in [0.29, 0.717) is 12.2 Å². The summed E-state index contributed by atoms with van der Waals surface area (Å²) >= 11 is 0. The molecule has 4 heteroatoms. The molecule has 26 heavy (non-hydrogen) atoms. The normalized spacial score (nSPS) is 14.0. The summed E-state index contributed by atoms with van der Waals surface area (Å²) in [6.45, 7) is 0.618. The van der Waals surface area contributed by atoms with Crippen LogP contribution in [-0.4, -0.2) is 20.1 Å². The molecule has 0 saturated heterocycles. The summed E-state index contributed by atoms with van der Waals surface area (Å²) in [5, 5.41) is 20.3. The van der Waals surface area contributed by atoms with Gasteiger partial charge < -0.3 is 5.11 Å². The summed E-state index contributed by atoms with van der Waals surface area (Å²) in [4.78, 5) is 0. The van der Waals surface area contributed by atoms with Crippen LogP contribution in [0, 0.1) is 0 Å². The van der Waals surface area contributed by atoms with Crippen molar-refractivity contribution < 1.29 is 5.11 Å². The van der Waals surface area contributed by atoms with Crippen molar-refractivity contribution in [3.8, 4) is 11.1 Å². The van der Waals surface area contributed by atoms with Crippen molar-refractivity contribution in [2.45, 2.75) is 12.1 Å². The van der Waals surface area contributed by atoms with Gasteiger partial charge in [0.2, 0.25) is 0 Å². The van der Waals surface area contributed by atoms with Crippen molar-refractivity contribution in [3.63, 3.8) is 0 Å². The molecule has 0 amide bonds. The van der Waals surface area contributed by atoms with Crippen LogP contribution in [0.2, 0.25) is 0 Å². The molecular weight excluding hydrogens is 322 g/mol. The van der Waals surface area contributed by atoms with Crippen molar-refractivity contribution in [2.75, 3.05) is 0 Å². The van der Waals surface area contributed by atoms with E-state index in [1.165, 1.54) is 0 Å². The number of aliphatic hydroxyl groups is 1. The molecule has 1 heterocycles. The fraction of sp³-hybridized carbons (Fsp3) is 0.0909. The lowest BCUT2D eigenvalue weighted by Gasteiger charge is -2.23. The van der Waals surface area contributed by atoms with Crippen LogP contribution in [0.1, 0.15) is 22.4 Å². The van der Waals surface area contributed by atoms with Crippen molar-refractivity contribution in [2.24, 2.45) is 0 Å². The van der Waals surface area contributed by atoms with Gasteiger partial charge in [-0.2, -0.15) is 0 Å². The molecule has 1 aromatic heterocycles. The second-order valence-electron chi connectivity index (χ2n) is 6.59. The standard InChI is InChI=1S/C22H17N3O/c26-22(21-15-25(24-23-21)14-16-8-2-1-3-9-16)19-12-6-4-10-17(19)18-11-5-7-13-20(18)22/h1-13,15,26H,14H2. The maximum Gasteiger partial charge on any atom is 0.161 e. The van der Waals surface area contributed by atoms with Gasteiger partial charge >= 0.3 is 0 Å². The molecular formula is C22H17N3O. The van der Waals surface area contributed by atoms with Gasteiger partial charge in [0, 0.05) is 11.1 Å². The van der Waals surface area contributed by atoms with Crippen LogP contribution in [0.5, 0.6) is 0 Å². The molecule has 0 bridgehead atoms. The van der Waals surface area contributed by atoms with Crippen LogP contribution >= 0.6 is 0 Å². The third kappa shape index (κ3) is 2.13. The largest absolute Gasteiger partial charge is 0.374 e. The quantitative estimate of drug-likeness (QED) is 0.620. The van der Waals surface area contributed by atoms with Crippen LogP contribution in [-0.2, 0) is 12.1 Å². The molecule has 0 saturated carbocycles.